The third kappa shape index (κ3) is 8.88. The van der Waals surface area contributed by atoms with E-state index in [4.69, 9.17) is 11.5 Å². The van der Waals surface area contributed by atoms with Gasteiger partial charge in [-0.3, -0.25) is 4.79 Å². The molecule has 0 heterocycles. The highest BCUT2D eigenvalue weighted by Crippen LogP contribution is 2.30. The molecular formula is C30H35F5N6O2. The second kappa shape index (κ2) is 14.8. The van der Waals surface area contributed by atoms with Crippen LogP contribution in [0.25, 0.3) is 0 Å². The predicted octanol–water partition coefficient (Wildman–Crippen LogP) is 5.25. The number of carbonyl (C=O) groups excluding carboxylic acids is 2. The molecule has 1 aliphatic carbocycles. The molecule has 1 aliphatic rings. The molecule has 0 spiro atoms. The Hall–Kier alpha value is -4.23. The van der Waals surface area contributed by atoms with E-state index in [0.717, 1.165) is 24.6 Å². The molecule has 2 unspecified atom stereocenters. The third-order valence-corrected chi connectivity index (χ3v) is 6.77. The standard InChI is InChI=1S/C30H35F5N6O2/c1-3-4-24(38-2)28(42)41-27(37)23-12-7-18(25(33)26(23)36)13-17-5-10-21(11-6-17)39-29(43)40-22-14-19(30(34,35)16-31)8-9-20(32)15-22/h5-12,14,24,27,38H,3-4,13,15-16,36-37H2,1-2H3,(H,41,42)(H2,39,40,43). The van der Waals surface area contributed by atoms with Crippen LogP contribution < -0.4 is 32.7 Å². The molecule has 2 aromatic carbocycles. The number of allylic oxidation sites excluding steroid dienone is 5. The van der Waals surface area contributed by atoms with Gasteiger partial charge in [0.15, 0.2) is 6.67 Å². The van der Waals surface area contributed by atoms with E-state index in [1.54, 1.807) is 25.2 Å². The van der Waals surface area contributed by atoms with Gasteiger partial charge in [-0.25, -0.2) is 18.0 Å². The van der Waals surface area contributed by atoms with Crippen LogP contribution in [0.15, 0.2) is 71.7 Å². The minimum Gasteiger partial charge on any atom is -0.396 e. The van der Waals surface area contributed by atoms with Gasteiger partial charge in [-0.05, 0) is 48.9 Å². The van der Waals surface area contributed by atoms with E-state index in [1.807, 2.05) is 6.92 Å². The van der Waals surface area contributed by atoms with E-state index in [2.05, 4.69) is 21.3 Å². The first-order valence-corrected chi connectivity index (χ1v) is 13.6. The number of nitrogens with one attached hydrogen (secondary N) is 4. The molecule has 0 radical (unpaired) electrons. The topological polar surface area (TPSA) is 134 Å². The Morgan fingerprint density at radius 2 is 1.74 bits per heavy atom. The summed E-state index contributed by atoms with van der Waals surface area (Å²) >= 11 is 0. The third-order valence-electron chi connectivity index (χ3n) is 6.77. The van der Waals surface area contributed by atoms with E-state index in [1.165, 1.54) is 18.2 Å². The normalized spacial score (nSPS) is 14.9. The maximum atomic E-state index is 15.2. The van der Waals surface area contributed by atoms with E-state index in [-0.39, 0.29) is 34.8 Å². The summed E-state index contributed by atoms with van der Waals surface area (Å²) in [5.74, 6) is -5.62. The molecular weight excluding hydrogens is 571 g/mol. The molecule has 8 nitrogen and oxygen atoms in total. The molecule has 0 bridgehead atoms. The number of hydrogen-bond donors (Lipinski definition) is 6. The molecule has 3 amide bonds. The summed E-state index contributed by atoms with van der Waals surface area (Å²) in [5.41, 5.74) is 12.5. The maximum absolute atomic E-state index is 15.2. The number of rotatable bonds is 12. The Morgan fingerprint density at radius 3 is 2.37 bits per heavy atom. The molecule has 0 saturated carbocycles. The number of carbonyl (C=O) groups is 2. The number of benzene rings is 2. The maximum Gasteiger partial charge on any atom is 0.323 e. The number of urea groups is 1. The van der Waals surface area contributed by atoms with Gasteiger partial charge in [0.25, 0.3) is 0 Å². The van der Waals surface area contributed by atoms with Crippen LogP contribution in [0.3, 0.4) is 0 Å². The smallest absolute Gasteiger partial charge is 0.323 e. The van der Waals surface area contributed by atoms with Crippen molar-refractivity contribution < 1.29 is 31.5 Å². The minimum absolute atomic E-state index is 0.152. The van der Waals surface area contributed by atoms with Crippen LogP contribution in [0.2, 0.25) is 0 Å². The average Bonchev–Trinajstić information content (AvgIpc) is 3.16. The number of hydrogen-bond acceptors (Lipinski definition) is 5. The summed E-state index contributed by atoms with van der Waals surface area (Å²) in [6.45, 7) is -0.0271. The molecule has 3 rings (SSSR count). The highest BCUT2D eigenvalue weighted by molar-refractivity contribution is 5.90. The van der Waals surface area contributed by atoms with Gasteiger partial charge in [-0.1, -0.05) is 43.7 Å². The fourth-order valence-corrected chi connectivity index (χ4v) is 4.41. The van der Waals surface area contributed by atoms with Gasteiger partial charge < -0.3 is 32.7 Å². The summed E-state index contributed by atoms with van der Waals surface area (Å²) < 4.78 is 69.4. The number of likely N-dealkylation sites (N-methyl/N-ethyl adjacent to an activating group) is 1. The van der Waals surface area contributed by atoms with Crippen molar-refractivity contribution in [2.75, 3.05) is 24.8 Å². The van der Waals surface area contributed by atoms with Crippen LogP contribution in [0, 0.1) is 5.82 Å². The van der Waals surface area contributed by atoms with Crippen molar-refractivity contribution >= 4 is 23.3 Å². The van der Waals surface area contributed by atoms with Gasteiger partial charge in [0.2, 0.25) is 5.91 Å². The van der Waals surface area contributed by atoms with Gasteiger partial charge >= 0.3 is 12.0 Å². The monoisotopic (exact) mass is 606 g/mol. The van der Waals surface area contributed by atoms with Crippen molar-refractivity contribution in [3.8, 4) is 0 Å². The molecule has 2 atom stereocenters. The largest absolute Gasteiger partial charge is 0.396 e. The lowest BCUT2D eigenvalue weighted by Crippen LogP contribution is -2.46. The van der Waals surface area contributed by atoms with Crippen LogP contribution >= 0.6 is 0 Å². The number of anilines is 2. The first-order valence-electron chi connectivity index (χ1n) is 13.6. The quantitative estimate of drug-likeness (QED) is 0.111. The Balaban J connectivity index is 1.64. The van der Waals surface area contributed by atoms with Crippen LogP contribution in [-0.4, -0.2) is 37.6 Å². The molecule has 43 heavy (non-hydrogen) atoms. The molecule has 8 N–H and O–H groups in total. The molecule has 0 aromatic heterocycles. The van der Waals surface area contributed by atoms with E-state index < -0.39 is 54.5 Å². The number of nitrogens with two attached hydrogens (primary N) is 2. The Kier molecular flexibility index (Phi) is 11.4. The zero-order valence-corrected chi connectivity index (χ0v) is 23.7. The Morgan fingerprint density at radius 1 is 1.05 bits per heavy atom. The van der Waals surface area contributed by atoms with Gasteiger partial charge in [-0.15, -0.1) is 0 Å². The van der Waals surface area contributed by atoms with Crippen molar-refractivity contribution in [1.82, 2.24) is 16.0 Å². The van der Waals surface area contributed by atoms with Crippen LogP contribution in [0.1, 0.15) is 49.0 Å². The first kappa shape index (κ1) is 33.3. The first-order chi connectivity index (χ1) is 20.4. The van der Waals surface area contributed by atoms with E-state index in [9.17, 15) is 27.2 Å². The SMILES string of the molecule is CCCC(NC)C(=O)NC(N)c1ccc(Cc2ccc(NC(=O)NC3=CC(C(F)(F)CF)=CC=C(F)C3)cc2)c(F)c1N. The van der Waals surface area contributed by atoms with Crippen molar-refractivity contribution in [2.45, 2.75) is 50.7 Å². The Bertz CT molecular complexity index is 1410. The number of amides is 3. The molecule has 0 saturated heterocycles. The predicted molar refractivity (Wildman–Crippen MR) is 156 cm³/mol. The summed E-state index contributed by atoms with van der Waals surface area (Å²) in [6.07, 6.45) is 2.47. The summed E-state index contributed by atoms with van der Waals surface area (Å²) in [6, 6.07) is 8.15. The van der Waals surface area contributed by atoms with Crippen LogP contribution in [-0.2, 0) is 11.2 Å². The summed E-state index contributed by atoms with van der Waals surface area (Å²) in [7, 11) is 1.66. The minimum atomic E-state index is -3.84. The second-order valence-corrected chi connectivity index (χ2v) is 10.0. The fourth-order valence-electron chi connectivity index (χ4n) is 4.41. The van der Waals surface area contributed by atoms with Crippen molar-refractivity contribution in [2.24, 2.45) is 5.73 Å². The van der Waals surface area contributed by atoms with Crippen LogP contribution in [0.5, 0.6) is 0 Å². The highest BCUT2D eigenvalue weighted by atomic mass is 19.3. The lowest BCUT2D eigenvalue weighted by molar-refractivity contribution is -0.123. The van der Waals surface area contributed by atoms with Crippen molar-refractivity contribution in [3.05, 3.63) is 94.2 Å². The molecule has 0 aliphatic heterocycles. The number of nitrogen functional groups attached to an aromatic ring is 1. The molecule has 232 valence electrons. The van der Waals surface area contributed by atoms with Gasteiger partial charge in [0.1, 0.15) is 17.8 Å². The fraction of sp³-hybridized carbons (Fsp3) is 0.333. The van der Waals surface area contributed by atoms with Gasteiger partial charge in [0, 0.05) is 35.4 Å². The zero-order valence-electron chi connectivity index (χ0n) is 23.7. The second-order valence-electron chi connectivity index (χ2n) is 10.0. The highest BCUT2D eigenvalue weighted by Gasteiger charge is 2.34. The molecule has 13 heteroatoms. The molecule has 0 fully saturated rings. The number of alkyl halides is 3. The summed E-state index contributed by atoms with van der Waals surface area (Å²) in [4.78, 5) is 24.9. The average molecular weight is 607 g/mol. The molecule has 2 aromatic rings. The zero-order chi connectivity index (χ0) is 31.7. The lowest BCUT2D eigenvalue weighted by atomic mass is 10.00. The summed E-state index contributed by atoms with van der Waals surface area (Å²) in [5, 5.41) is 10.4. The lowest BCUT2D eigenvalue weighted by Gasteiger charge is -2.21. The van der Waals surface area contributed by atoms with Crippen molar-refractivity contribution in [3.63, 3.8) is 0 Å². The Labute approximate surface area is 246 Å². The van der Waals surface area contributed by atoms with Crippen molar-refractivity contribution in [1.29, 1.82) is 0 Å². The van der Waals surface area contributed by atoms with Crippen LogP contribution in [0.4, 0.5) is 38.1 Å². The van der Waals surface area contributed by atoms with Gasteiger partial charge in [-0.2, -0.15) is 8.78 Å². The van der Waals surface area contributed by atoms with E-state index >= 15 is 4.39 Å². The van der Waals surface area contributed by atoms with Gasteiger partial charge in [0.05, 0.1) is 11.7 Å². The van der Waals surface area contributed by atoms with E-state index in [0.29, 0.717) is 17.7 Å². The number of halogens is 5.